The highest BCUT2D eigenvalue weighted by Gasteiger charge is 2.24. The Kier molecular flexibility index (Phi) is 1.43. The van der Waals surface area contributed by atoms with E-state index in [2.05, 4.69) is 14.8 Å². The normalized spacial score (nSPS) is 28.2. The molecule has 1 aliphatic heterocycles. The van der Waals surface area contributed by atoms with Crippen molar-refractivity contribution in [3.05, 3.63) is 0 Å². The molecule has 1 atom stereocenters. The third kappa shape index (κ3) is 0.945. The van der Waals surface area contributed by atoms with Crippen molar-refractivity contribution in [2.75, 3.05) is 6.61 Å². The van der Waals surface area contributed by atoms with E-state index in [1.54, 1.807) is 0 Å². The molecule has 1 rings (SSSR count). The average Bonchev–Trinajstić information content (AvgIpc) is 2.12. The molecule has 8 heavy (non-hydrogen) atoms. The molecule has 1 amide bonds. The van der Waals surface area contributed by atoms with Gasteiger partial charge in [0.1, 0.15) is 6.61 Å². The standard InChI is InChI=1S/C3H5NO4/c4-3(5)2-1-6-8-7-2/h2H,1H2,(H2,4,5). The summed E-state index contributed by atoms with van der Waals surface area (Å²) in [6, 6.07) is 0. The van der Waals surface area contributed by atoms with Crippen molar-refractivity contribution in [1.82, 2.24) is 0 Å². The van der Waals surface area contributed by atoms with Crippen LogP contribution in [0.25, 0.3) is 0 Å². The Labute approximate surface area is 45.2 Å². The van der Waals surface area contributed by atoms with E-state index in [0.717, 1.165) is 0 Å². The summed E-state index contributed by atoms with van der Waals surface area (Å²) in [5.74, 6) is -0.581. The van der Waals surface area contributed by atoms with Gasteiger partial charge in [0.05, 0.1) is 0 Å². The highest BCUT2D eigenvalue weighted by molar-refractivity contribution is 5.78. The van der Waals surface area contributed by atoms with Crippen LogP contribution >= 0.6 is 0 Å². The SMILES string of the molecule is NC(=O)C1COOO1. The smallest absolute Gasteiger partial charge is 0.252 e. The summed E-state index contributed by atoms with van der Waals surface area (Å²) < 4.78 is 0. The van der Waals surface area contributed by atoms with Crippen LogP contribution in [0.3, 0.4) is 0 Å². The fraction of sp³-hybridized carbons (Fsp3) is 0.667. The molecule has 1 unspecified atom stereocenters. The van der Waals surface area contributed by atoms with Gasteiger partial charge in [-0.3, -0.25) is 4.79 Å². The Morgan fingerprint density at radius 2 is 2.50 bits per heavy atom. The molecular weight excluding hydrogens is 114 g/mol. The lowest BCUT2D eigenvalue weighted by Crippen LogP contribution is -2.29. The fourth-order valence-corrected chi connectivity index (χ4v) is 0.322. The van der Waals surface area contributed by atoms with Crippen LogP contribution in [0.4, 0.5) is 0 Å². The number of amides is 1. The first-order valence-electron chi connectivity index (χ1n) is 2.05. The number of carbonyl (C=O) groups is 1. The lowest BCUT2D eigenvalue weighted by Gasteiger charge is -1.93. The van der Waals surface area contributed by atoms with Gasteiger partial charge in [-0.15, -0.1) is 0 Å². The van der Waals surface area contributed by atoms with E-state index < -0.39 is 12.0 Å². The van der Waals surface area contributed by atoms with Gasteiger partial charge in [-0.1, -0.05) is 5.04 Å². The van der Waals surface area contributed by atoms with Crippen LogP contribution in [-0.4, -0.2) is 18.6 Å². The van der Waals surface area contributed by atoms with Gasteiger partial charge in [0.2, 0.25) is 6.10 Å². The van der Waals surface area contributed by atoms with E-state index in [1.165, 1.54) is 0 Å². The lowest BCUT2D eigenvalue weighted by atomic mass is 10.4. The Hall–Kier alpha value is -0.650. The molecule has 0 bridgehead atoms. The van der Waals surface area contributed by atoms with Crippen molar-refractivity contribution in [2.45, 2.75) is 6.10 Å². The van der Waals surface area contributed by atoms with Crippen molar-refractivity contribution < 1.29 is 19.6 Å². The van der Waals surface area contributed by atoms with Crippen LogP contribution in [0.2, 0.25) is 0 Å². The molecule has 0 saturated carbocycles. The minimum atomic E-state index is -0.741. The highest BCUT2D eigenvalue weighted by atomic mass is 17.5. The number of hydrogen-bond donors (Lipinski definition) is 1. The molecule has 0 aromatic heterocycles. The molecule has 46 valence electrons. The highest BCUT2D eigenvalue weighted by Crippen LogP contribution is 2.02. The van der Waals surface area contributed by atoms with Crippen molar-refractivity contribution in [1.29, 1.82) is 0 Å². The molecule has 1 saturated heterocycles. The van der Waals surface area contributed by atoms with Crippen molar-refractivity contribution in [3.63, 3.8) is 0 Å². The lowest BCUT2D eigenvalue weighted by molar-refractivity contribution is -0.457. The average molecular weight is 119 g/mol. The van der Waals surface area contributed by atoms with E-state index in [9.17, 15) is 4.79 Å². The third-order valence-electron chi connectivity index (χ3n) is 0.740. The molecule has 0 radical (unpaired) electrons. The van der Waals surface area contributed by atoms with Gasteiger partial charge in [0, 0.05) is 0 Å². The largest absolute Gasteiger partial charge is 0.367 e. The van der Waals surface area contributed by atoms with Crippen LogP contribution in [-0.2, 0) is 19.6 Å². The van der Waals surface area contributed by atoms with E-state index in [4.69, 9.17) is 5.73 Å². The quantitative estimate of drug-likeness (QED) is 0.437. The molecule has 5 nitrogen and oxygen atoms in total. The van der Waals surface area contributed by atoms with E-state index in [-0.39, 0.29) is 6.61 Å². The minimum absolute atomic E-state index is 0.0787. The maximum Gasteiger partial charge on any atom is 0.252 e. The fourth-order valence-electron chi connectivity index (χ4n) is 0.322. The zero-order valence-corrected chi connectivity index (χ0v) is 3.99. The summed E-state index contributed by atoms with van der Waals surface area (Å²) in [6.45, 7) is 0.0787. The van der Waals surface area contributed by atoms with Gasteiger partial charge in [-0.25, -0.2) is 4.89 Å². The number of rotatable bonds is 1. The maximum absolute atomic E-state index is 10.1. The monoisotopic (exact) mass is 119 g/mol. The Bertz CT molecular complexity index is 97.5. The van der Waals surface area contributed by atoms with Crippen LogP contribution in [0, 0.1) is 0 Å². The van der Waals surface area contributed by atoms with Crippen molar-refractivity contribution in [2.24, 2.45) is 5.73 Å². The predicted molar refractivity (Wildman–Crippen MR) is 21.1 cm³/mol. The summed E-state index contributed by atoms with van der Waals surface area (Å²) in [6.07, 6.45) is -0.741. The molecular formula is C3H5NO4. The summed E-state index contributed by atoms with van der Waals surface area (Å²) in [4.78, 5) is 18.6. The Morgan fingerprint density at radius 1 is 1.75 bits per heavy atom. The van der Waals surface area contributed by atoms with Gasteiger partial charge in [-0.05, 0) is 0 Å². The summed E-state index contributed by atoms with van der Waals surface area (Å²) in [5, 5.41) is 3.92. The molecule has 0 aliphatic carbocycles. The Morgan fingerprint density at radius 3 is 2.75 bits per heavy atom. The molecule has 0 aromatic rings. The van der Waals surface area contributed by atoms with Crippen molar-refractivity contribution in [3.8, 4) is 0 Å². The molecule has 0 aromatic carbocycles. The first kappa shape index (κ1) is 5.49. The van der Waals surface area contributed by atoms with Gasteiger partial charge in [0.15, 0.2) is 0 Å². The Balaban J connectivity index is 2.35. The maximum atomic E-state index is 10.1. The molecule has 1 fully saturated rings. The van der Waals surface area contributed by atoms with E-state index in [1.807, 2.05) is 0 Å². The molecule has 5 heteroatoms. The topological polar surface area (TPSA) is 70.8 Å². The first-order chi connectivity index (χ1) is 3.80. The van der Waals surface area contributed by atoms with Crippen LogP contribution in [0.5, 0.6) is 0 Å². The number of carbonyl (C=O) groups excluding carboxylic acids is 1. The van der Waals surface area contributed by atoms with Crippen LogP contribution in [0.15, 0.2) is 0 Å². The van der Waals surface area contributed by atoms with Gasteiger partial charge < -0.3 is 5.73 Å². The third-order valence-corrected chi connectivity index (χ3v) is 0.740. The number of nitrogens with two attached hydrogens (primary N) is 1. The van der Waals surface area contributed by atoms with Gasteiger partial charge in [-0.2, -0.15) is 4.89 Å². The van der Waals surface area contributed by atoms with Crippen LogP contribution < -0.4 is 5.73 Å². The summed E-state index contributed by atoms with van der Waals surface area (Å²) in [5.41, 5.74) is 4.77. The van der Waals surface area contributed by atoms with Crippen LogP contribution in [0.1, 0.15) is 0 Å². The predicted octanol–water partition coefficient (Wildman–Crippen LogP) is -1.27. The van der Waals surface area contributed by atoms with Crippen molar-refractivity contribution >= 4 is 5.91 Å². The van der Waals surface area contributed by atoms with Gasteiger partial charge in [0.25, 0.3) is 5.91 Å². The second kappa shape index (κ2) is 2.08. The zero-order valence-electron chi connectivity index (χ0n) is 3.99. The van der Waals surface area contributed by atoms with E-state index >= 15 is 0 Å². The number of primary amides is 1. The first-order valence-corrected chi connectivity index (χ1v) is 2.05. The summed E-state index contributed by atoms with van der Waals surface area (Å²) in [7, 11) is 0. The molecule has 0 spiro atoms. The number of hydrogen-bond acceptors (Lipinski definition) is 4. The zero-order chi connectivity index (χ0) is 5.98. The molecule has 2 N–H and O–H groups in total. The van der Waals surface area contributed by atoms with Gasteiger partial charge >= 0.3 is 0 Å². The van der Waals surface area contributed by atoms with E-state index in [0.29, 0.717) is 0 Å². The second-order valence-corrected chi connectivity index (χ2v) is 1.34. The summed E-state index contributed by atoms with van der Waals surface area (Å²) >= 11 is 0. The molecule has 1 heterocycles. The second-order valence-electron chi connectivity index (χ2n) is 1.34. The minimum Gasteiger partial charge on any atom is -0.367 e. The molecule has 1 aliphatic rings.